The lowest BCUT2D eigenvalue weighted by atomic mass is 10.2. The molecule has 31 heavy (non-hydrogen) atoms. The van der Waals surface area contributed by atoms with Gasteiger partial charge in [0.15, 0.2) is 5.16 Å². The lowest BCUT2D eigenvalue weighted by Gasteiger charge is -2.14. The number of rotatable bonds is 9. The van der Waals surface area contributed by atoms with E-state index >= 15 is 0 Å². The monoisotopic (exact) mass is 458 g/mol. The van der Waals surface area contributed by atoms with Crippen LogP contribution in [0.1, 0.15) is 18.3 Å². The van der Waals surface area contributed by atoms with Gasteiger partial charge in [-0.15, -0.1) is 22.0 Å². The molecule has 2 aromatic carbocycles. The minimum absolute atomic E-state index is 0.146. The van der Waals surface area contributed by atoms with Gasteiger partial charge in [-0.2, -0.15) is 0 Å². The molecule has 0 aliphatic heterocycles. The second-order valence-corrected chi connectivity index (χ2v) is 9.23. The van der Waals surface area contributed by atoms with E-state index in [1.165, 1.54) is 22.2 Å². The Morgan fingerprint density at radius 1 is 1.13 bits per heavy atom. The van der Waals surface area contributed by atoms with Crippen molar-refractivity contribution in [3.8, 4) is 11.5 Å². The van der Waals surface area contributed by atoms with Crippen LogP contribution in [-0.2, 0) is 17.6 Å². The van der Waals surface area contributed by atoms with Crippen molar-refractivity contribution in [1.29, 1.82) is 0 Å². The first-order chi connectivity index (χ1) is 14.9. The number of aryl methyl sites for hydroxylation is 1. The molecule has 9 heteroatoms. The molecule has 1 atom stereocenters. The average Bonchev–Trinajstić information content (AvgIpc) is 3.12. The Morgan fingerprint density at radius 2 is 1.87 bits per heavy atom. The van der Waals surface area contributed by atoms with Gasteiger partial charge in [-0.05, 0) is 38.1 Å². The molecule has 1 N–H and O–H groups in total. The van der Waals surface area contributed by atoms with Gasteiger partial charge in [0.1, 0.15) is 17.3 Å². The summed E-state index contributed by atoms with van der Waals surface area (Å²) in [5.41, 5.74) is 1.83. The molecule has 0 saturated heterocycles. The standard InChI is InChI=1S/C22H26N4O3S2/c1-14-6-9-17(10-7-14)30-13-20-24-25-22(26(20)3)31-15(2)21(27)23-18-11-8-16(28-4)12-19(18)29-5/h6-12,15H,13H2,1-5H3,(H,23,27). The fraction of sp³-hybridized carbons (Fsp3) is 0.318. The first kappa shape index (κ1) is 23.0. The Kier molecular flexibility index (Phi) is 7.86. The summed E-state index contributed by atoms with van der Waals surface area (Å²) in [5.74, 6) is 2.62. The van der Waals surface area contributed by atoms with Gasteiger partial charge in [-0.1, -0.05) is 29.5 Å². The molecule has 1 amide bonds. The first-order valence-electron chi connectivity index (χ1n) is 9.68. The Morgan fingerprint density at radius 3 is 2.55 bits per heavy atom. The zero-order valence-corrected chi connectivity index (χ0v) is 19.8. The van der Waals surface area contributed by atoms with Crippen LogP contribution in [0.2, 0.25) is 0 Å². The maximum Gasteiger partial charge on any atom is 0.237 e. The lowest BCUT2D eigenvalue weighted by Crippen LogP contribution is -2.23. The second-order valence-electron chi connectivity index (χ2n) is 6.88. The number of aromatic nitrogens is 3. The summed E-state index contributed by atoms with van der Waals surface area (Å²) in [7, 11) is 5.06. The summed E-state index contributed by atoms with van der Waals surface area (Å²) in [6.07, 6.45) is 0. The third kappa shape index (κ3) is 5.95. The Hall–Kier alpha value is -2.65. The summed E-state index contributed by atoms with van der Waals surface area (Å²) in [6.45, 7) is 3.91. The minimum atomic E-state index is -0.368. The molecule has 1 unspecified atom stereocenters. The van der Waals surface area contributed by atoms with Crippen LogP contribution in [0.15, 0.2) is 52.5 Å². The number of thioether (sulfide) groups is 2. The molecular formula is C22H26N4O3S2. The molecule has 0 saturated carbocycles. The van der Waals surface area contributed by atoms with Gasteiger partial charge in [0.05, 0.1) is 30.9 Å². The quantitative estimate of drug-likeness (QED) is 0.471. The van der Waals surface area contributed by atoms with Crippen molar-refractivity contribution in [2.75, 3.05) is 19.5 Å². The third-order valence-corrected chi connectivity index (χ3v) is 6.77. The molecule has 164 valence electrons. The highest BCUT2D eigenvalue weighted by atomic mass is 32.2. The van der Waals surface area contributed by atoms with E-state index < -0.39 is 0 Å². The van der Waals surface area contributed by atoms with E-state index in [0.717, 1.165) is 5.82 Å². The molecule has 0 radical (unpaired) electrons. The van der Waals surface area contributed by atoms with E-state index in [0.29, 0.717) is 28.1 Å². The van der Waals surface area contributed by atoms with Gasteiger partial charge in [0, 0.05) is 18.0 Å². The van der Waals surface area contributed by atoms with Gasteiger partial charge >= 0.3 is 0 Å². The molecule has 0 fully saturated rings. The molecule has 1 heterocycles. The lowest BCUT2D eigenvalue weighted by molar-refractivity contribution is -0.115. The maximum atomic E-state index is 12.7. The topological polar surface area (TPSA) is 78.3 Å². The number of benzene rings is 2. The smallest absolute Gasteiger partial charge is 0.237 e. The second kappa shape index (κ2) is 10.6. The number of amides is 1. The van der Waals surface area contributed by atoms with Gasteiger partial charge in [-0.25, -0.2) is 0 Å². The Balaban J connectivity index is 1.60. The fourth-order valence-electron chi connectivity index (χ4n) is 2.70. The Labute approximate surface area is 190 Å². The third-order valence-electron chi connectivity index (χ3n) is 4.63. The van der Waals surface area contributed by atoms with Crippen molar-refractivity contribution in [2.24, 2.45) is 7.05 Å². The van der Waals surface area contributed by atoms with Gasteiger partial charge in [-0.3, -0.25) is 4.79 Å². The van der Waals surface area contributed by atoms with Gasteiger partial charge in [0.25, 0.3) is 0 Å². The number of methoxy groups -OCH3 is 2. The van der Waals surface area contributed by atoms with E-state index in [4.69, 9.17) is 9.47 Å². The SMILES string of the molecule is COc1ccc(NC(=O)C(C)Sc2nnc(CSc3ccc(C)cc3)n2C)c(OC)c1. The molecule has 7 nitrogen and oxygen atoms in total. The molecule has 1 aromatic heterocycles. The number of ether oxygens (including phenoxy) is 2. The van der Waals surface area contributed by atoms with E-state index in [1.807, 2.05) is 18.5 Å². The number of hydrogen-bond acceptors (Lipinski definition) is 7. The first-order valence-corrected chi connectivity index (χ1v) is 11.5. The predicted octanol–water partition coefficient (Wildman–Crippen LogP) is 4.55. The highest BCUT2D eigenvalue weighted by Crippen LogP contribution is 2.31. The molecule has 0 aliphatic carbocycles. The van der Waals surface area contributed by atoms with Crippen LogP contribution in [0.25, 0.3) is 0 Å². The molecule has 3 aromatic rings. The zero-order valence-electron chi connectivity index (χ0n) is 18.2. The average molecular weight is 459 g/mol. The molecule has 0 spiro atoms. The van der Waals surface area contributed by atoms with Crippen LogP contribution in [0.3, 0.4) is 0 Å². The van der Waals surface area contributed by atoms with Crippen LogP contribution in [0.5, 0.6) is 11.5 Å². The van der Waals surface area contributed by atoms with Crippen LogP contribution >= 0.6 is 23.5 Å². The highest BCUT2D eigenvalue weighted by molar-refractivity contribution is 8.00. The van der Waals surface area contributed by atoms with E-state index in [9.17, 15) is 4.79 Å². The largest absolute Gasteiger partial charge is 0.497 e. The van der Waals surface area contributed by atoms with Gasteiger partial charge in [0.2, 0.25) is 5.91 Å². The van der Waals surface area contributed by atoms with E-state index in [-0.39, 0.29) is 11.2 Å². The van der Waals surface area contributed by atoms with Crippen molar-refractivity contribution in [3.05, 3.63) is 53.9 Å². The molecular weight excluding hydrogens is 432 g/mol. The molecule has 0 aliphatic rings. The van der Waals surface area contributed by atoms with Crippen LogP contribution in [0, 0.1) is 6.92 Å². The predicted molar refractivity (Wildman–Crippen MR) is 125 cm³/mol. The number of anilines is 1. The number of nitrogens with one attached hydrogen (secondary N) is 1. The van der Waals surface area contributed by atoms with Gasteiger partial charge < -0.3 is 19.4 Å². The summed E-state index contributed by atoms with van der Waals surface area (Å²) >= 11 is 3.07. The number of carbonyl (C=O) groups is 1. The normalized spacial score (nSPS) is 11.8. The zero-order chi connectivity index (χ0) is 22.4. The molecule has 0 bridgehead atoms. The fourth-order valence-corrected chi connectivity index (χ4v) is 4.41. The highest BCUT2D eigenvalue weighted by Gasteiger charge is 2.20. The summed E-state index contributed by atoms with van der Waals surface area (Å²) in [4.78, 5) is 13.9. The number of carbonyl (C=O) groups excluding carboxylic acids is 1. The number of nitrogens with zero attached hydrogens (tertiary/aromatic N) is 3. The van der Waals surface area contributed by atoms with Crippen LogP contribution in [-0.4, -0.2) is 40.1 Å². The Bertz CT molecular complexity index is 1040. The maximum absolute atomic E-state index is 12.7. The van der Waals surface area contributed by atoms with E-state index in [1.54, 1.807) is 44.2 Å². The van der Waals surface area contributed by atoms with Crippen LogP contribution < -0.4 is 14.8 Å². The van der Waals surface area contributed by atoms with Crippen molar-refractivity contribution < 1.29 is 14.3 Å². The summed E-state index contributed by atoms with van der Waals surface area (Å²) in [5, 5.41) is 11.8. The molecule has 3 rings (SSSR count). The summed E-state index contributed by atoms with van der Waals surface area (Å²) < 4.78 is 12.5. The van der Waals surface area contributed by atoms with Crippen molar-refractivity contribution >= 4 is 35.1 Å². The van der Waals surface area contributed by atoms with Crippen molar-refractivity contribution in [3.63, 3.8) is 0 Å². The minimum Gasteiger partial charge on any atom is -0.497 e. The van der Waals surface area contributed by atoms with Crippen molar-refractivity contribution in [2.45, 2.75) is 34.9 Å². The number of hydrogen-bond donors (Lipinski definition) is 1. The van der Waals surface area contributed by atoms with Crippen LogP contribution in [0.4, 0.5) is 5.69 Å². The van der Waals surface area contributed by atoms with E-state index in [2.05, 4.69) is 46.7 Å². The summed E-state index contributed by atoms with van der Waals surface area (Å²) in [6, 6.07) is 13.7. The van der Waals surface area contributed by atoms with Crippen molar-refractivity contribution in [1.82, 2.24) is 14.8 Å².